The van der Waals surface area contributed by atoms with E-state index in [1.165, 1.54) is 11.9 Å². The molecule has 1 aromatic carbocycles. The number of hydrogen-bond donors (Lipinski definition) is 1. The van der Waals surface area contributed by atoms with E-state index in [0.717, 1.165) is 48.8 Å². The van der Waals surface area contributed by atoms with Gasteiger partial charge in [-0.15, -0.1) is 0 Å². The van der Waals surface area contributed by atoms with Crippen LogP contribution in [0.3, 0.4) is 0 Å². The smallest absolute Gasteiger partial charge is 0.298 e. The normalized spacial score (nSPS) is 15.0. The molecule has 0 aliphatic carbocycles. The van der Waals surface area contributed by atoms with Gasteiger partial charge in [0.15, 0.2) is 16.6 Å². The number of nitrogens with zero attached hydrogens (tertiary/aromatic N) is 5. The van der Waals surface area contributed by atoms with Gasteiger partial charge in [-0.1, -0.05) is 17.7 Å². The molecule has 3 heterocycles. The Labute approximate surface area is 150 Å². The van der Waals surface area contributed by atoms with Crippen molar-refractivity contribution in [3.05, 3.63) is 35.2 Å². The minimum atomic E-state index is 0.434. The summed E-state index contributed by atoms with van der Waals surface area (Å²) in [5.41, 5.74) is 3.66. The van der Waals surface area contributed by atoms with Gasteiger partial charge < -0.3 is 19.5 Å². The summed E-state index contributed by atoms with van der Waals surface area (Å²) >= 11 is 6.16. The minimum Gasteiger partial charge on any atom is -0.423 e. The first kappa shape index (κ1) is 16.0. The predicted octanol–water partition coefficient (Wildman–Crippen LogP) is 2.95. The number of piperazine rings is 1. The molecule has 0 radical (unpaired) electrons. The molecule has 0 amide bonds. The van der Waals surface area contributed by atoms with Gasteiger partial charge in [-0.3, -0.25) is 0 Å². The SMILES string of the molecule is CNc1c(Cl)ncnc1N1CCN(c2nc3cc(C)ccc3o2)CC1. The number of rotatable bonds is 3. The number of aryl methyl sites for hydroxylation is 1. The van der Waals surface area contributed by atoms with E-state index in [4.69, 9.17) is 16.0 Å². The second-order valence-corrected chi connectivity index (χ2v) is 6.41. The van der Waals surface area contributed by atoms with Crippen LogP contribution >= 0.6 is 11.6 Å². The van der Waals surface area contributed by atoms with Crippen LogP contribution in [0.4, 0.5) is 17.5 Å². The lowest BCUT2D eigenvalue weighted by Crippen LogP contribution is -2.47. The summed E-state index contributed by atoms with van der Waals surface area (Å²) in [4.78, 5) is 17.4. The molecule has 25 heavy (non-hydrogen) atoms. The predicted molar refractivity (Wildman–Crippen MR) is 99.8 cm³/mol. The zero-order valence-electron chi connectivity index (χ0n) is 14.2. The van der Waals surface area contributed by atoms with Gasteiger partial charge in [0.1, 0.15) is 17.5 Å². The molecule has 2 aromatic heterocycles. The van der Waals surface area contributed by atoms with E-state index >= 15 is 0 Å². The number of nitrogens with one attached hydrogen (secondary N) is 1. The molecule has 1 saturated heterocycles. The van der Waals surface area contributed by atoms with Crippen molar-refractivity contribution in [2.75, 3.05) is 48.3 Å². The van der Waals surface area contributed by atoms with E-state index in [-0.39, 0.29) is 0 Å². The lowest BCUT2D eigenvalue weighted by atomic mass is 10.2. The quantitative estimate of drug-likeness (QED) is 0.722. The Morgan fingerprint density at radius 1 is 1.12 bits per heavy atom. The van der Waals surface area contributed by atoms with Crippen molar-refractivity contribution >= 4 is 40.2 Å². The number of anilines is 3. The molecule has 0 saturated carbocycles. The van der Waals surface area contributed by atoms with E-state index in [1.807, 2.05) is 25.2 Å². The van der Waals surface area contributed by atoms with Crippen LogP contribution in [0.2, 0.25) is 5.15 Å². The average molecular weight is 359 g/mol. The summed E-state index contributed by atoms with van der Waals surface area (Å²) in [5, 5.41) is 3.52. The van der Waals surface area contributed by atoms with Crippen molar-refractivity contribution in [1.82, 2.24) is 15.0 Å². The zero-order valence-corrected chi connectivity index (χ0v) is 14.9. The highest BCUT2D eigenvalue weighted by Gasteiger charge is 2.24. The minimum absolute atomic E-state index is 0.434. The van der Waals surface area contributed by atoms with Gasteiger partial charge in [-0.25, -0.2) is 9.97 Å². The van der Waals surface area contributed by atoms with Gasteiger partial charge in [0, 0.05) is 33.2 Å². The van der Waals surface area contributed by atoms with Crippen molar-refractivity contribution in [3.63, 3.8) is 0 Å². The summed E-state index contributed by atoms with van der Waals surface area (Å²) in [6, 6.07) is 6.72. The van der Waals surface area contributed by atoms with Crippen molar-refractivity contribution < 1.29 is 4.42 Å². The summed E-state index contributed by atoms with van der Waals surface area (Å²) in [6.45, 7) is 5.27. The van der Waals surface area contributed by atoms with E-state index in [2.05, 4.69) is 37.0 Å². The van der Waals surface area contributed by atoms with Crippen LogP contribution in [-0.4, -0.2) is 48.2 Å². The van der Waals surface area contributed by atoms with Crippen LogP contribution in [0.5, 0.6) is 0 Å². The van der Waals surface area contributed by atoms with Gasteiger partial charge in [0.05, 0.1) is 0 Å². The molecule has 0 unspecified atom stereocenters. The number of hydrogen-bond acceptors (Lipinski definition) is 7. The Balaban J connectivity index is 1.52. The first-order chi connectivity index (χ1) is 12.2. The third kappa shape index (κ3) is 2.95. The molecule has 7 nitrogen and oxygen atoms in total. The van der Waals surface area contributed by atoms with E-state index in [1.54, 1.807) is 0 Å². The van der Waals surface area contributed by atoms with Crippen LogP contribution in [0.15, 0.2) is 28.9 Å². The van der Waals surface area contributed by atoms with Crippen molar-refractivity contribution in [3.8, 4) is 0 Å². The Hall–Kier alpha value is -2.54. The highest BCUT2D eigenvalue weighted by molar-refractivity contribution is 6.32. The Bertz CT molecular complexity index is 903. The first-order valence-electron chi connectivity index (χ1n) is 8.21. The summed E-state index contributed by atoms with van der Waals surface area (Å²) < 4.78 is 5.90. The molecule has 1 fully saturated rings. The van der Waals surface area contributed by atoms with Crippen LogP contribution in [0.1, 0.15) is 5.56 Å². The second kappa shape index (κ2) is 6.40. The van der Waals surface area contributed by atoms with Gasteiger partial charge in [-0.05, 0) is 24.6 Å². The van der Waals surface area contributed by atoms with Gasteiger partial charge in [0.25, 0.3) is 6.01 Å². The fraction of sp³-hybridized carbons (Fsp3) is 0.353. The lowest BCUT2D eigenvalue weighted by molar-refractivity contribution is 0.540. The molecule has 8 heteroatoms. The molecule has 1 aliphatic rings. The largest absolute Gasteiger partial charge is 0.423 e. The third-order valence-electron chi connectivity index (χ3n) is 4.41. The fourth-order valence-corrected chi connectivity index (χ4v) is 3.30. The number of oxazole rings is 1. The number of fused-ring (bicyclic) bond motifs is 1. The van der Waals surface area contributed by atoms with Crippen LogP contribution in [0, 0.1) is 6.92 Å². The van der Waals surface area contributed by atoms with Crippen molar-refractivity contribution in [2.24, 2.45) is 0 Å². The van der Waals surface area contributed by atoms with Crippen molar-refractivity contribution in [2.45, 2.75) is 6.92 Å². The number of halogens is 1. The molecule has 0 spiro atoms. The molecular weight excluding hydrogens is 340 g/mol. The summed E-state index contributed by atoms with van der Waals surface area (Å²) in [7, 11) is 1.82. The van der Waals surface area contributed by atoms with Crippen LogP contribution in [0.25, 0.3) is 11.1 Å². The molecule has 0 atom stereocenters. The first-order valence-corrected chi connectivity index (χ1v) is 8.59. The third-order valence-corrected chi connectivity index (χ3v) is 4.70. The monoisotopic (exact) mass is 358 g/mol. The topological polar surface area (TPSA) is 70.3 Å². The summed E-state index contributed by atoms with van der Waals surface area (Å²) in [5.74, 6) is 0.829. The maximum atomic E-state index is 6.16. The average Bonchev–Trinajstić information content (AvgIpc) is 3.04. The highest BCUT2D eigenvalue weighted by Crippen LogP contribution is 2.30. The zero-order chi connectivity index (χ0) is 17.4. The molecule has 4 rings (SSSR count). The van der Waals surface area contributed by atoms with E-state index in [9.17, 15) is 0 Å². The van der Waals surface area contributed by atoms with E-state index < -0.39 is 0 Å². The number of benzene rings is 1. The Morgan fingerprint density at radius 2 is 1.88 bits per heavy atom. The summed E-state index contributed by atoms with van der Waals surface area (Å²) in [6.07, 6.45) is 1.49. The maximum Gasteiger partial charge on any atom is 0.298 e. The Kier molecular flexibility index (Phi) is 4.09. The lowest BCUT2D eigenvalue weighted by Gasteiger charge is -2.35. The van der Waals surface area contributed by atoms with Crippen molar-refractivity contribution in [1.29, 1.82) is 0 Å². The van der Waals surface area contributed by atoms with Gasteiger partial charge >= 0.3 is 0 Å². The maximum absolute atomic E-state index is 6.16. The Morgan fingerprint density at radius 3 is 2.64 bits per heavy atom. The molecule has 1 aliphatic heterocycles. The molecule has 3 aromatic rings. The van der Waals surface area contributed by atoms with E-state index in [0.29, 0.717) is 11.2 Å². The highest BCUT2D eigenvalue weighted by atomic mass is 35.5. The van der Waals surface area contributed by atoms with Gasteiger partial charge in [0.2, 0.25) is 0 Å². The standard InChI is InChI=1S/C17H19ClN6O/c1-11-3-4-13-12(9-11)22-17(25-13)24-7-5-23(6-8-24)16-14(19-2)15(18)20-10-21-16/h3-4,9-10,19H,5-8H2,1-2H3. The van der Waals surface area contributed by atoms with Gasteiger partial charge in [-0.2, -0.15) is 4.98 Å². The molecule has 0 bridgehead atoms. The van der Waals surface area contributed by atoms with Crippen LogP contribution in [-0.2, 0) is 0 Å². The second-order valence-electron chi connectivity index (χ2n) is 6.05. The molecular formula is C17H19ClN6O. The fourth-order valence-electron chi connectivity index (χ4n) is 3.08. The van der Waals surface area contributed by atoms with Crippen LogP contribution < -0.4 is 15.1 Å². The molecule has 130 valence electrons. The molecule has 1 N–H and O–H groups in total. The number of aromatic nitrogens is 3.